The third-order valence-corrected chi connectivity index (χ3v) is 2.22. The lowest BCUT2D eigenvalue weighted by atomic mass is 10.1. The van der Waals surface area contributed by atoms with Gasteiger partial charge < -0.3 is 10.1 Å². The standard InChI is InChI=1S/C12H17NO2.ClH/c1-3-13-11(12(14)15-2)9-10-7-5-4-6-8-10;/h4-8,11,13H,3,9H2,1-2H3;1H. The van der Waals surface area contributed by atoms with E-state index in [1.54, 1.807) is 0 Å². The van der Waals surface area contributed by atoms with Crippen molar-refractivity contribution in [1.82, 2.24) is 5.32 Å². The lowest BCUT2D eigenvalue weighted by Crippen LogP contribution is -2.39. The number of hydrogen-bond donors (Lipinski definition) is 1. The molecule has 4 heteroatoms. The number of methoxy groups -OCH3 is 1. The summed E-state index contributed by atoms with van der Waals surface area (Å²) in [5.74, 6) is -0.208. The lowest BCUT2D eigenvalue weighted by Gasteiger charge is -2.15. The van der Waals surface area contributed by atoms with Crippen LogP contribution in [0.15, 0.2) is 30.3 Å². The van der Waals surface area contributed by atoms with Gasteiger partial charge in [0.1, 0.15) is 6.04 Å². The maximum atomic E-state index is 11.4. The highest BCUT2D eigenvalue weighted by atomic mass is 35.5. The van der Waals surface area contributed by atoms with Crippen LogP contribution < -0.4 is 5.32 Å². The second kappa shape index (κ2) is 8.13. The zero-order chi connectivity index (χ0) is 11.1. The van der Waals surface area contributed by atoms with Crippen molar-refractivity contribution < 1.29 is 9.53 Å². The molecule has 1 aromatic rings. The van der Waals surface area contributed by atoms with E-state index in [0.717, 1.165) is 12.1 Å². The molecule has 1 N–H and O–H groups in total. The van der Waals surface area contributed by atoms with Gasteiger partial charge >= 0.3 is 5.97 Å². The van der Waals surface area contributed by atoms with Crippen molar-refractivity contribution in [1.29, 1.82) is 0 Å². The maximum Gasteiger partial charge on any atom is 0.323 e. The van der Waals surface area contributed by atoms with Crippen LogP contribution in [0.4, 0.5) is 0 Å². The third-order valence-electron chi connectivity index (χ3n) is 2.22. The predicted molar refractivity (Wildman–Crippen MR) is 66.9 cm³/mol. The first-order valence-corrected chi connectivity index (χ1v) is 5.13. The summed E-state index contributed by atoms with van der Waals surface area (Å²) in [7, 11) is 1.41. The van der Waals surface area contributed by atoms with Crippen molar-refractivity contribution in [2.24, 2.45) is 0 Å². The van der Waals surface area contributed by atoms with Gasteiger partial charge in [-0.2, -0.15) is 0 Å². The Morgan fingerprint density at radius 2 is 2.00 bits per heavy atom. The van der Waals surface area contributed by atoms with Crippen LogP contribution >= 0.6 is 12.4 Å². The highest BCUT2D eigenvalue weighted by Gasteiger charge is 2.17. The van der Waals surface area contributed by atoms with Crippen molar-refractivity contribution in [3.8, 4) is 0 Å². The molecule has 0 aromatic heterocycles. The van der Waals surface area contributed by atoms with Gasteiger partial charge in [-0.15, -0.1) is 12.4 Å². The molecule has 0 amide bonds. The van der Waals surface area contributed by atoms with E-state index in [0.29, 0.717) is 6.42 Å². The first kappa shape index (κ1) is 14.9. The van der Waals surface area contributed by atoms with Crippen molar-refractivity contribution in [2.45, 2.75) is 19.4 Å². The van der Waals surface area contributed by atoms with Crippen LogP contribution in [0.2, 0.25) is 0 Å². The molecule has 1 unspecified atom stereocenters. The van der Waals surface area contributed by atoms with E-state index in [9.17, 15) is 4.79 Å². The second-order valence-electron chi connectivity index (χ2n) is 3.32. The molecule has 0 bridgehead atoms. The normalized spacial score (nSPS) is 11.4. The van der Waals surface area contributed by atoms with Gasteiger partial charge in [0.15, 0.2) is 0 Å². The second-order valence-corrected chi connectivity index (χ2v) is 3.32. The van der Waals surface area contributed by atoms with E-state index in [-0.39, 0.29) is 24.4 Å². The van der Waals surface area contributed by atoms with Crippen molar-refractivity contribution in [2.75, 3.05) is 13.7 Å². The molecular weight excluding hydrogens is 226 g/mol. The summed E-state index contributed by atoms with van der Waals surface area (Å²) in [6, 6.07) is 9.66. The van der Waals surface area contributed by atoms with E-state index >= 15 is 0 Å². The van der Waals surface area contributed by atoms with Crippen LogP contribution in [0, 0.1) is 0 Å². The van der Waals surface area contributed by atoms with E-state index in [1.807, 2.05) is 37.3 Å². The Morgan fingerprint density at radius 1 is 1.38 bits per heavy atom. The molecule has 1 rings (SSSR count). The van der Waals surface area contributed by atoms with Crippen molar-refractivity contribution in [3.05, 3.63) is 35.9 Å². The molecule has 0 heterocycles. The molecule has 1 aromatic carbocycles. The minimum Gasteiger partial charge on any atom is -0.468 e. The number of hydrogen-bond acceptors (Lipinski definition) is 3. The van der Waals surface area contributed by atoms with E-state index in [4.69, 9.17) is 4.74 Å². The highest BCUT2D eigenvalue weighted by Crippen LogP contribution is 2.04. The highest BCUT2D eigenvalue weighted by molar-refractivity contribution is 5.85. The third kappa shape index (κ3) is 4.64. The average Bonchev–Trinajstić information content (AvgIpc) is 2.29. The number of rotatable bonds is 5. The van der Waals surface area contributed by atoms with E-state index < -0.39 is 0 Å². The smallest absolute Gasteiger partial charge is 0.323 e. The molecule has 0 aliphatic rings. The Labute approximate surface area is 103 Å². The van der Waals surface area contributed by atoms with Crippen LogP contribution in [0.3, 0.4) is 0 Å². The Hall–Kier alpha value is -1.06. The van der Waals surface area contributed by atoms with Crippen LogP contribution in [-0.4, -0.2) is 25.7 Å². The quantitative estimate of drug-likeness (QED) is 0.802. The van der Waals surface area contributed by atoms with Gasteiger partial charge in [0, 0.05) is 0 Å². The molecule has 90 valence electrons. The zero-order valence-corrected chi connectivity index (χ0v) is 10.4. The Kier molecular flexibility index (Phi) is 7.60. The predicted octanol–water partition coefficient (Wildman–Crippen LogP) is 1.80. The van der Waals surface area contributed by atoms with Gasteiger partial charge in [-0.1, -0.05) is 37.3 Å². The number of nitrogens with one attached hydrogen (secondary N) is 1. The minimum absolute atomic E-state index is 0. The number of esters is 1. The van der Waals surface area contributed by atoms with Gasteiger partial charge in [-0.25, -0.2) is 0 Å². The molecule has 16 heavy (non-hydrogen) atoms. The molecule has 0 spiro atoms. The number of carbonyl (C=O) groups excluding carboxylic acids is 1. The van der Waals surface area contributed by atoms with E-state index in [2.05, 4.69) is 5.32 Å². The summed E-state index contributed by atoms with van der Waals surface area (Å²) in [5.41, 5.74) is 1.13. The summed E-state index contributed by atoms with van der Waals surface area (Å²) in [5, 5.41) is 3.11. The summed E-state index contributed by atoms with van der Waals surface area (Å²) >= 11 is 0. The van der Waals surface area contributed by atoms with Gasteiger partial charge in [0.25, 0.3) is 0 Å². The molecule has 3 nitrogen and oxygen atoms in total. The van der Waals surface area contributed by atoms with Gasteiger partial charge in [-0.05, 0) is 18.5 Å². The number of likely N-dealkylation sites (N-methyl/N-ethyl adjacent to an activating group) is 1. The first-order chi connectivity index (χ1) is 7.27. The van der Waals surface area contributed by atoms with Crippen LogP contribution in [-0.2, 0) is 16.0 Å². The van der Waals surface area contributed by atoms with Crippen molar-refractivity contribution in [3.63, 3.8) is 0 Å². The molecule has 0 aliphatic carbocycles. The zero-order valence-electron chi connectivity index (χ0n) is 9.60. The molecule has 0 aliphatic heterocycles. The molecule has 0 saturated carbocycles. The largest absolute Gasteiger partial charge is 0.468 e. The van der Waals surface area contributed by atoms with Gasteiger partial charge in [0.2, 0.25) is 0 Å². The first-order valence-electron chi connectivity index (χ1n) is 5.13. The fourth-order valence-corrected chi connectivity index (χ4v) is 1.48. The topological polar surface area (TPSA) is 38.3 Å². The molecule has 0 radical (unpaired) electrons. The monoisotopic (exact) mass is 243 g/mol. The molecule has 0 fully saturated rings. The number of halogens is 1. The van der Waals surface area contributed by atoms with Crippen molar-refractivity contribution >= 4 is 18.4 Å². The Balaban J connectivity index is 0.00000225. The molecular formula is C12H18ClNO2. The average molecular weight is 244 g/mol. The van der Waals surface area contributed by atoms with Crippen LogP contribution in [0.1, 0.15) is 12.5 Å². The summed E-state index contributed by atoms with van der Waals surface area (Å²) in [6.45, 7) is 2.73. The summed E-state index contributed by atoms with van der Waals surface area (Å²) < 4.78 is 4.74. The van der Waals surface area contributed by atoms with Crippen LogP contribution in [0.25, 0.3) is 0 Å². The van der Waals surface area contributed by atoms with E-state index in [1.165, 1.54) is 7.11 Å². The van der Waals surface area contributed by atoms with Crippen LogP contribution in [0.5, 0.6) is 0 Å². The summed E-state index contributed by atoms with van der Waals surface area (Å²) in [4.78, 5) is 11.4. The number of benzene rings is 1. The number of ether oxygens (including phenoxy) is 1. The maximum absolute atomic E-state index is 11.4. The van der Waals surface area contributed by atoms with Gasteiger partial charge in [-0.3, -0.25) is 4.79 Å². The summed E-state index contributed by atoms with van der Waals surface area (Å²) in [6.07, 6.45) is 0.668. The lowest BCUT2D eigenvalue weighted by molar-refractivity contribution is -0.143. The fourth-order valence-electron chi connectivity index (χ4n) is 1.48. The fraction of sp³-hybridized carbons (Fsp3) is 0.417. The molecule has 0 saturated heterocycles. The number of carbonyl (C=O) groups is 1. The Morgan fingerprint density at radius 3 is 2.50 bits per heavy atom. The Bertz CT molecular complexity index is 303. The van der Waals surface area contributed by atoms with Gasteiger partial charge in [0.05, 0.1) is 7.11 Å². The SMILES string of the molecule is CCNC(Cc1ccccc1)C(=O)OC.Cl. The minimum atomic E-state index is -0.248. The molecule has 1 atom stereocenters.